The first-order valence-corrected chi connectivity index (χ1v) is 3.65. The van der Waals surface area contributed by atoms with Crippen LogP contribution >= 0.6 is 0 Å². The van der Waals surface area contributed by atoms with Crippen molar-refractivity contribution in [3.05, 3.63) is 29.1 Å². The lowest BCUT2D eigenvalue weighted by Gasteiger charge is -2.05. The number of halogens is 3. The summed E-state index contributed by atoms with van der Waals surface area (Å²) in [7, 11) is 0. The number of rotatable bonds is 0. The van der Waals surface area contributed by atoms with Gasteiger partial charge in [0.05, 0.1) is 0 Å². The van der Waals surface area contributed by atoms with Gasteiger partial charge in [-0.3, -0.25) is 4.79 Å². The Morgan fingerprint density at radius 1 is 1.21 bits per heavy atom. The minimum atomic E-state index is -4.53. The summed E-state index contributed by atoms with van der Waals surface area (Å²) < 4.78 is 36.5. The van der Waals surface area contributed by atoms with Crippen molar-refractivity contribution in [1.29, 1.82) is 0 Å². The van der Waals surface area contributed by atoms with Crippen LogP contribution in [-0.4, -0.2) is 17.1 Å². The van der Waals surface area contributed by atoms with Crippen molar-refractivity contribution in [1.82, 2.24) is 4.98 Å². The highest BCUT2D eigenvalue weighted by molar-refractivity contribution is 6.11. The van der Waals surface area contributed by atoms with Gasteiger partial charge < -0.3 is 0 Å². The van der Waals surface area contributed by atoms with Gasteiger partial charge in [0.2, 0.25) is 0 Å². The Kier molecular flexibility index (Phi) is 1.67. The van der Waals surface area contributed by atoms with E-state index < -0.39 is 17.8 Å². The molecule has 1 aliphatic heterocycles. The van der Waals surface area contributed by atoms with E-state index in [1.807, 2.05) is 0 Å². The molecule has 1 aliphatic rings. The lowest BCUT2D eigenvalue weighted by atomic mass is 10.2. The van der Waals surface area contributed by atoms with E-state index in [0.29, 0.717) is 5.56 Å². The van der Waals surface area contributed by atoms with Gasteiger partial charge in [-0.25, -0.2) is 9.98 Å². The number of fused-ring (bicyclic) bond motifs is 1. The van der Waals surface area contributed by atoms with Gasteiger partial charge in [0, 0.05) is 11.8 Å². The molecule has 6 heteroatoms. The number of hydrogen-bond acceptors (Lipinski definition) is 2. The summed E-state index contributed by atoms with van der Waals surface area (Å²) in [6.45, 7) is 0. The molecule has 1 aromatic heterocycles. The topological polar surface area (TPSA) is 42.3 Å². The molecule has 3 nitrogen and oxygen atoms in total. The second-order valence-corrected chi connectivity index (χ2v) is 2.70. The van der Waals surface area contributed by atoms with Crippen LogP contribution in [0.3, 0.4) is 0 Å². The molecular weight excluding hydrogens is 197 g/mol. The third-order valence-electron chi connectivity index (χ3n) is 1.74. The molecule has 0 bridgehead atoms. The number of carbonyl (C=O) groups excluding carboxylic acids is 1. The largest absolute Gasteiger partial charge is 0.433 e. The Balaban J connectivity index is 2.53. The van der Waals surface area contributed by atoms with Crippen LogP contribution in [0.25, 0.3) is 0 Å². The lowest BCUT2D eigenvalue weighted by Crippen LogP contribution is -2.10. The predicted molar refractivity (Wildman–Crippen MR) is 41.2 cm³/mol. The van der Waals surface area contributed by atoms with E-state index in [2.05, 4.69) is 9.98 Å². The number of pyridine rings is 1. The van der Waals surface area contributed by atoms with Gasteiger partial charge in [0.25, 0.3) is 5.91 Å². The van der Waals surface area contributed by atoms with E-state index in [1.54, 1.807) is 0 Å². The molecule has 0 saturated carbocycles. The zero-order chi connectivity index (χ0) is 10.3. The molecule has 0 saturated heterocycles. The van der Waals surface area contributed by atoms with Gasteiger partial charge in [-0.15, -0.1) is 0 Å². The number of carbonyl (C=O) groups is 1. The van der Waals surface area contributed by atoms with Crippen LogP contribution in [0.2, 0.25) is 0 Å². The second kappa shape index (κ2) is 2.63. The molecule has 0 aliphatic carbocycles. The SMILES string of the molecule is O=C1N=Cc2ccc(C(F)(F)F)nc21. The molecule has 2 heterocycles. The highest BCUT2D eigenvalue weighted by Gasteiger charge is 2.34. The number of amides is 1. The molecule has 72 valence electrons. The Hall–Kier alpha value is -1.72. The van der Waals surface area contributed by atoms with Gasteiger partial charge in [0.15, 0.2) is 0 Å². The molecule has 0 aromatic carbocycles. The van der Waals surface area contributed by atoms with Gasteiger partial charge in [-0.1, -0.05) is 0 Å². The highest BCUT2D eigenvalue weighted by Crippen LogP contribution is 2.28. The molecular formula is C8H3F3N2O. The number of aromatic nitrogens is 1. The van der Waals surface area contributed by atoms with Crippen LogP contribution in [0.1, 0.15) is 21.7 Å². The monoisotopic (exact) mass is 200 g/mol. The van der Waals surface area contributed by atoms with Crippen molar-refractivity contribution in [2.24, 2.45) is 4.99 Å². The molecule has 0 N–H and O–H groups in total. The van der Waals surface area contributed by atoms with Crippen molar-refractivity contribution in [2.45, 2.75) is 6.18 Å². The predicted octanol–water partition coefficient (Wildman–Crippen LogP) is 1.67. The minimum absolute atomic E-state index is 0.236. The van der Waals surface area contributed by atoms with Crippen LogP contribution in [0.15, 0.2) is 17.1 Å². The molecule has 0 fully saturated rings. The van der Waals surface area contributed by atoms with Crippen LogP contribution in [-0.2, 0) is 6.18 Å². The van der Waals surface area contributed by atoms with Crippen molar-refractivity contribution in [3.8, 4) is 0 Å². The number of alkyl halides is 3. The first kappa shape index (κ1) is 8.86. The van der Waals surface area contributed by atoms with E-state index in [9.17, 15) is 18.0 Å². The van der Waals surface area contributed by atoms with E-state index in [0.717, 1.165) is 6.07 Å². The smallest absolute Gasteiger partial charge is 0.265 e. The third kappa shape index (κ3) is 1.28. The van der Waals surface area contributed by atoms with Gasteiger partial charge in [0.1, 0.15) is 11.4 Å². The van der Waals surface area contributed by atoms with Crippen molar-refractivity contribution >= 4 is 12.1 Å². The third-order valence-corrected chi connectivity index (χ3v) is 1.74. The van der Waals surface area contributed by atoms with E-state index in [-0.39, 0.29) is 5.69 Å². The first-order chi connectivity index (χ1) is 6.48. The van der Waals surface area contributed by atoms with Crippen molar-refractivity contribution in [3.63, 3.8) is 0 Å². The first-order valence-electron chi connectivity index (χ1n) is 3.65. The summed E-state index contributed by atoms with van der Waals surface area (Å²) in [5.74, 6) is -0.730. The average Bonchev–Trinajstić information content (AvgIpc) is 2.46. The molecule has 0 atom stereocenters. The Morgan fingerprint density at radius 3 is 2.57 bits per heavy atom. The Bertz CT molecular complexity index is 437. The van der Waals surface area contributed by atoms with E-state index in [1.165, 1.54) is 12.3 Å². The molecule has 2 rings (SSSR count). The number of nitrogens with zero attached hydrogens (tertiary/aromatic N) is 2. The maximum atomic E-state index is 12.2. The quantitative estimate of drug-likeness (QED) is 0.639. The van der Waals surface area contributed by atoms with Crippen LogP contribution in [0.4, 0.5) is 13.2 Å². The van der Waals surface area contributed by atoms with Gasteiger partial charge in [-0.05, 0) is 12.1 Å². The molecule has 0 unspecified atom stereocenters. The number of hydrogen-bond donors (Lipinski definition) is 0. The zero-order valence-electron chi connectivity index (χ0n) is 6.67. The van der Waals surface area contributed by atoms with Gasteiger partial charge in [-0.2, -0.15) is 13.2 Å². The fraction of sp³-hybridized carbons (Fsp3) is 0.125. The molecule has 1 aromatic rings. The van der Waals surface area contributed by atoms with Gasteiger partial charge >= 0.3 is 6.18 Å². The minimum Gasteiger partial charge on any atom is -0.265 e. The lowest BCUT2D eigenvalue weighted by molar-refractivity contribution is -0.141. The van der Waals surface area contributed by atoms with E-state index >= 15 is 0 Å². The summed E-state index contributed by atoms with van der Waals surface area (Å²) in [6.07, 6.45) is -3.33. The zero-order valence-corrected chi connectivity index (χ0v) is 6.67. The second-order valence-electron chi connectivity index (χ2n) is 2.70. The summed E-state index contributed by atoms with van der Waals surface area (Å²) in [5, 5.41) is 0. The molecule has 0 spiro atoms. The maximum Gasteiger partial charge on any atom is 0.433 e. The van der Waals surface area contributed by atoms with Crippen LogP contribution in [0.5, 0.6) is 0 Å². The normalized spacial score (nSPS) is 14.6. The Morgan fingerprint density at radius 2 is 1.93 bits per heavy atom. The van der Waals surface area contributed by atoms with Crippen molar-refractivity contribution in [2.75, 3.05) is 0 Å². The fourth-order valence-corrected chi connectivity index (χ4v) is 1.09. The summed E-state index contributed by atoms with van der Waals surface area (Å²) in [6, 6.07) is 2.00. The van der Waals surface area contributed by atoms with E-state index in [4.69, 9.17) is 0 Å². The van der Waals surface area contributed by atoms with Crippen molar-refractivity contribution < 1.29 is 18.0 Å². The number of aliphatic imine (C=N–C) groups is 1. The maximum absolute atomic E-state index is 12.2. The van der Waals surface area contributed by atoms with Crippen LogP contribution < -0.4 is 0 Å². The average molecular weight is 200 g/mol. The molecule has 0 radical (unpaired) electrons. The van der Waals surface area contributed by atoms with Crippen LogP contribution in [0, 0.1) is 0 Å². The fourth-order valence-electron chi connectivity index (χ4n) is 1.09. The molecule has 14 heavy (non-hydrogen) atoms. The molecule has 1 amide bonds. The summed E-state index contributed by atoms with van der Waals surface area (Å²) in [5.41, 5.74) is -0.988. The Labute approximate surface area is 76.3 Å². The standard InChI is InChI=1S/C8H3F3N2O/c9-8(10,11)5-2-1-4-3-12-7(14)6(4)13-5/h1-3H. The highest BCUT2D eigenvalue weighted by atomic mass is 19.4. The summed E-state index contributed by atoms with van der Waals surface area (Å²) in [4.78, 5) is 17.5. The summed E-state index contributed by atoms with van der Waals surface area (Å²) >= 11 is 0.